The molecule has 0 unspecified atom stereocenters. The van der Waals surface area contributed by atoms with Gasteiger partial charge in [-0.05, 0) is 18.4 Å². The number of hydrogen-bond acceptors (Lipinski definition) is 2. The summed E-state index contributed by atoms with van der Waals surface area (Å²) >= 11 is 0. The quantitative estimate of drug-likeness (QED) is 0.920. The Labute approximate surface area is 122 Å². The Morgan fingerprint density at radius 2 is 1.60 bits per heavy atom. The lowest BCUT2D eigenvalue weighted by Gasteiger charge is -2.30. The van der Waals surface area contributed by atoms with E-state index in [9.17, 15) is 4.79 Å². The molecule has 0 radical (unpaired) electrons. The van der Waals surface area contributed by atoms with Crippen LogP contribution in [-0.2, 0) is 4.79 Å². The van der Waals surface area contributed by atoms with E-state index < -0.39 is 0 Å². The molecule has 0 saturated carbocycles. The standard InChI is InChI=1S/C17H26N2O/c1-14(16(18)15-10-6-5-7-11-15)17(20)19-12-8-3-2-4-9-13-19/h5-7,10-11,14,16H,2-4,8-9,12-13,18H2,1H3/t14-,16+/m0/s1. The Bertz CT molecular complexity index is 410. The number of rotatable bonds is 3. The first-order chi connectivity index (χ1) is 9.70. The summed E-state index contributed by atoms with van der Waals surface area (Å²) in [5, 5.41) is 0. The molecule has 1 amide bonds. The first kappa shape index (κ1) is 15.0. The van der Waals surface area contributed by atoms with E-state index in [2.05, 4.69) is 0 Å². The van der Waals surface area contributed by atoms with Crippen LogP contribution in [0.2, 0.25) is 0 Å². The van der Waals surface area contributed by atoms with E-state index in [-0.39, 0.29) is 17.9 Å². The van der Waals surface area contributed by atoms with Crippen molar-refractivity contribution in [2.45, 2.75) is 45.1 Å². The molecule has 1 aliphatic rings. The Hall–Kier alpha value is -1.35. The average Bonchev–Trinajstić information content (AvgIpc) is 2.46. The lowest BCUT2D eigenvalue weighted by atomic mass is 9.93. The van der Waals surface area contributed by atoms with Gasteiger partial charge in [-0.3, -0.25) is 4.79 Å². The summed E-state index contributed by atoms with van der Waals surface area (Å²) in [6.45, 7) is 3.74. The summed E-state index contributed by atoms with van der Waals surface area (Å²) in [4.78, 5) is 14.6. The lowest BCUT2D eigenvalue weighted by molar-refractivity contribution is -0.136. The van der Waals surface area contributed by atoms with Gasteiger partial charge in [-0.15, -0.1) is 0 Å². The SMILES string of the molecule is C[C@H](C(=O)N1CCCCCCC1)[C@@H](N)c1ccccc1. The number of carbonyl (C=O) groups excluding carboxylic acids is 1. The molecule has 1 aliphatic heterocycles. The molecule has 0 aliphatic carbocycles. The molecular formula is C17H26N2O. The molecule has 2 rings (SSSR count). The van der Waals surface area contributed by atoms with E-state index in [1.54, 1.807) is 0 Å². The molecule has 1 fully saturated rings. The first-order valence-electron chi connectivity index (χ1n) is 7.79. The Morgan fingerprint density at radius 3 is 2.20 bits per heavy atom. The minimum absolute atomic E-state index is 0.156. The number of likely N-dealkylation sites (tertiary alicyclic amines) is 1. The van der Waals surface area contributed by atoms with Crippen LogP contribution in [0.4, 0.5) is 0 Å². The van der Waals surface area contributed by atoms with Gasteiger partial charge in [-0.1, -0.05) is 56.5 Å². The van der Waals surface area contributed by atoms with Crippen LogP contribution in [0.1, 0.15) is 50.6 Å². The van der Waals surface area contributed by atoms with Crippen LogP contribution in [0, 0.1) is 5.92 Å². The highest BCUT2D eigenvalue weighted by Crippen LogP contribution is 2.22. The van der Waals surface area contributed by atoms with Crippen molar-refractivity contribution < 1.29 is 4.79 Å². The number of nitrogens with zero attached hydrogens (tertiary/aromatic N) is 1. The fourth-order valence-electron chi connectivity index (χ4n) is 2.87. The van der Waals surface area contributed by atoms with Crippen LogP contribution in [0.3, 0.4) is 0 Å². The van der Waals surface area contributed by atoms with Gasteiger partial charge in [0.05, 0.1) is 5.92 Å². The van der Waals surface area contributed by atoms with Crippen LogP contribution >= 0.6 is 0 Å². The van der Waals surface area contributed by atoms with Gasteiger partial charge in [-0.2, -0.15) is 0 Å². The van der Waals surface area contributed by atoms with Gasteiger partial charge >= 0.3 is 0 Å². The zero-order valence-corrected chi connectivity index (χ0v) is 12.4. The van der Waals surface area contributed by atoms with Crippen LogP contribution in [0.15, 0.2) is 30.3 Å². The molecule has 0 bridgehead atoms. The van der Waals surface area contributed by atoms with Crippen LogP contribution in [0.25, 0.3) is 0 Å². The highest BCUT2D eigenvalue weighted by atomic mass is 16.2. The van der Waals surface area contributed by atoms with E-state index in [0.29, 0.717) is 0 Å². The summed E-state index contributed by atoms with van der Waals surface area (Å²) in [6, 6.07) is 9.71. The maximum Gasteiger partial charge on any atom is 0.227 e. The van der Waals surface area contributed by atoms with Crippen molar-refractivity contribution in [2.24, 2.45) is 11.7 Å². The summed E-state index contributed by atoms with van der Waals surface area (Å²) in [5.41, 5.74) is 7.31. The number of carbonyl (C=O) groups is 1. The Balaban J connectivity index is 1.99. The van der Waals surface area contributed by atoms with Crippen molar-refractivity contribution in [1.82, 2.24) is 4.90 Å². The Morgan fingerprint density at radius 1 is 1.05 bits per heavy atom. The molecule has 0 aromatic heterocycles. The van der Waals surface area contributed by atoms with E-state index >= 15 is 0 Å². The van der Waals surface area contributed by atoms with Gasteiger partial charge in [0.25, 0.3) is 0 Å². The van der Waals surface area contributed by atoms with Gasteiger partial charge in [0.15, 0.2) is 0 Å². The number of benzene rings is 1. The minimum Gasteiger partial charge on any atom is -0.342 e. The minimum atomic E-state index is -0.214. The molecule has 1 aromatic carbocycles. The highest BCUT2D eigenvalue weighted by molar-refractivity contribution is 5.79. The third-order valence-corrected chi connectivity index (χ3v) is 4.28. The highest BCUT2D eigenvalue weighted by Gasteiger charge is 2.26. The van der Waals surface area contributed by atoms with Gasteiger partial charge in [-0.25, -0.2) is 0 Å². The summed E-state index contributed by atoms with van der Waals surface area (Å²) in [7, 11) is 0. The molecule has 110 valence electrons. The second kappa shape index (κ2) is 7.44. The van der Waals surface area contributed by atoms with Gasteiger partial charge < -0.3 is 10.6 Å². The molecular weight excluding hydrogens is 248 g/mol. The number of amides is 1. The summed E-state index contributed by atoms with van der Waals surface area (Å²) < 4.78 is 0. The maximum atomic E-state index is 12.6. The third-order valence-electron chi connectivity index (χ3n) is 4.28. The summed E-state index contributed by atoms with van der Waals surface area (Å²) in [5.74, 6) is 0.0556. The van der Waals surface area contributed by atoms with Crippen LogP contribution < -0.4 is 5.73 Å². The second-order valence-electron chi connectivity index (χ2n) is 5.82. The van der Waals surface area contributed by atoms with Gasteiger partial charge in [0.2, 0.25) is 5.91 Å². The van der Waals surface area contributed by atoms with E-state index in [4.69, 9.17) is 5.73 Å². The van der Waals surface area contributed by atoms with E-state index in [1.807, 2.05) is 42.2 Å². The second-order valence-corrected chi connectivity index (χ2v) is 5.82. The van der Waals surface area contributed by atoms with Crippen LogP contribution in [0.5, 0.6) is 0 Å². The van der Waals surface area contributed by atoms with Crippen molar-refractivity contribution >= 4 is 5.91 Å². The Kier molecular flexibility index (Phi) is 5.60. The number of nitrogens with two attached hydrogens (primary N) is 1. The molecule has 1 aromatic rings. The van der Waals surface area contributed by atoms with Gasteiger partial charge in [0, 0.05) is 19.1 Å². The largest absolute Gasteiger partial charge is 0.342 e. The van der Waals surface area contributed by atoms with Crippen molar-refractivity contribution in [3.63, 3.8) is 0 Å². The molecule has 1 saturated heterocycles. The molecule has 20 heavy (non-hydrogen) atoms. The zero-order valence-electron chi connectivity index (χ0n) is 12.4. The number of hydrogen-bond donors (Lipinski definition) is 1. The predicted octanol–water partition coefficient (Wildman–Crippen LogP) is 3.12. The summed E-state index contributed by atoms with van der Waals surface area (Å²) in [6.07, 6.45) is 6.03. The lowest BCUT2D eigenvalue weighted by Crippen LogP contribution is -2.40. The fraction of sp³-hybridized carbons (Fsp3) is 0.588. The fourth-order valence-corrected chi connectivity index (χ4v) is 2.87. The maximum absolute atomic E-state index is 12.6. The van der Waals surface area contributed by atoms with E-state index in [1.165, 1.54) is 19.3 Å². The molecule has 1 heterocycles. The predicted molar refractivity (Wildman–Crippen MR) is 82.2 cm³/mol. The zero-order chi connectivity index (χ0) is 14.4. The molecule has 3 heteroatoms. The normalized spacial score (nSPS) is 19.8. The third kappa shape index (κ3) is 3.83. The molecule has 0 spiro atoms. The van der Waals surface area contributed by atoms with Crippen molar-refractivity contribution in [3.8, 4) is 0 Å². The molecule has 2 atom stereocenters. The van der Waals surface area contributed by atoms with Crippen molar-refractivity contribution in [2.75, 3.05) is 13.1 Å². The van der Waals surface area contributed by atoms with Crippen molar-refractivity contribution in [1.29, 1.82) is 0 Å². The van der Waals surface area contributed by atoms with Crippen molar-refractivity contribution in [3.05, 3.63) is 35.9 Å². The molecule has 2 N–H and O–H groups in total. The monoisotopic (exact) mass is 274 g/mol. The van der Waals surface area contributed by atoms with Crippen LogP contribution in [-0.4, -0.2) is 23.9 Å². The average molecular weight is 274 g/mol. The topological polar surface area (TPSA) is 46.3 Å². The smallest absolute Gasteiger partial charge is 0.227 e. The van der Waals surface area contributed by atoms with E-state index in [0.717, 1.165) is 31.5 Å². The first-order valence-corrected chi connectivity index (χ1v) is 7.79. The van der Waals surface area contributed by atoms with Gasteiger partial charge in [0.1, 0.15) is 0 Å². The molecule has 3 nitrogen and oxygen atoms in total.